The molecule has 0 radical (unpaired) electrons. The minimum atomic E-state index is -0.191. The summed E-state index contributed by atoms with van der Waals surface area (Å²) in [6, 6.07) is 8.68. The van der Waals surface area contributed by atoms with E-state index in [0.29, 0.717) is 13.0 Å². The van der Waals surface area contributed by atoms with Crippen molar-refractivity contribution in [2.45, 2.75) is 45.2 Å². The predicted octanol–water partition coefficient (Wildman–Crippen LogP) is 1.53. The molecule has 2 aliphatic rings. The standard InChI is InChI=1S/C17H22N2O2/c1-11(2)19-10-14(9-16(19)20)17(21)18-15-7-12-5-3-4-6-13(12)8-15/h3-6,11,14-15H,7-10H2,1-2H3,(H,18,21). The molecule has 4 heteroatoms. The van der Waals surface area contributed by atoms with Crippen LogP contribution in [0.4, 0.5) is 0 Å². The zero-order chi connectivity index (χ0) is 15.0. The van der Waals surface area contributed by atoms with Crippen LogP contribution in [-0.4, -0.2) is 35.3 Å². The number of nitrogens with zero attached hydrogens (tertiary/aromatic N) is 1. The predicted molar refractivity (Wildman–Crippen MR) is 80.7 cm³/mol. The van der Waals surface area contributed by atoms with E-state index in [0.717, 1.165) is 12.8 Å². The molecule has 0 aromatic heterocycles. The number of likely N-dealkylation sites (tertiary alicyclic amines) is 1. The number of carbonyl (C=O) groups is 2. The molecule has 4 nitrogen and oxygen atoms in total. The first kappa shape index (κ1) is 14.1. The highest BCUT2D eigenvalue weighted by Crippen LogP contribution is 2.24. The Bertz CT molecular complexity index is 543. The number of amides is 2. The molecule has 1 aromatic carbocycles. The van der Waals surface area contributed by atoms with Crippen LogP contribution >= 0.6 is 0 Å². The molecule has 112 valence electrons. The fourth-order valence-electron chi connectivity index (χ4n) is 3.39. The first-order valence-corrected chi connectivity index (χ1v) is 7.71. The Morgan fingerprint density at radius 3 is 2.33 bits per heavy atom. The lowest BCUT2D eigenvalue weighted by Gasteiger charge is -2.21. The molecule has 1 aliphatic carbocycles. The van der Waals surface area contributed by atoms with Gasteiger partial charge < -0.3 is 10.2 Å². The molecular formula is C17H22N2O2. The van der Waals surface area contributed by atoms with Crippen LogP contribution in [0.3, 0.4) is 0 Å². The van der Waals surface area contributed by atoms with Crippen molar-refractivity contribution in [1.82, 2.24) is 10.2 Å². The van der Waals surface area contributed by atoms with Gasteiger partial charge in [-0.1, -0.05) is 24.3 Å². The molecule has 1 saturated heterocycles. The van der Waals surface area contributed by atoms with E-state index in [2.05, 4.69) is 17.4 Å². The molecule has 21 heavy (non-hydrogen) atoms. The normalized spacial score (nSPS) is 22.0. The van der Waals surface area contributed by atoms with Crippen LogP contribution in [0.15, 0.2) is 24.3 Å². The van der Waals surface area contributed by atoms with Crippen LogP contribution in [0.25, 0.3) is 0 Å². The molecule has 1 fully saturated rings. The van der Waals surface area contributed by atoms with Crippen molar-refractivity contribution in [1.29, 1.82) is 0 Å². The van der Waals surface area contributed by atoms with Gasteiger partial charge in [0, 0.05) is 25.0 Å². The van der Waals surface area contributed by atoms with Gasteiger partial charge in [0.2, 0.25) is 11.8 Å². The first-order valence-electron chi connectivity index (χ1n) is 7.71. The van der Waals surface area contributed by atoms with Gasteiger partial charge in [-0.3, -0.25) is 9.59 Å². The minimum absolute atomic E-state index is 0.0318. The summed E-state index contributed by atoms with van der Waals surface area (Å²) in [5.74, 6) is -0.0622. The van der Waals surface area contributed by atoms with Crippen molar-refractivity contribution >= 4 is 11.8 Å². The largest absolute Gasteiger partial charge is 0.352 e. The maximum atomic E-state index is 12.4. The third-order valence-electron chi connectivity index (χ3n) is 4.55. The fraction of sp³-hybridized carbons (Fsp3) is 0.529. The van der Waals surface area contributed by atoms with Crippen LogP contribution in [-0.2, 0) is 22.4 Å². The Morgan fingerprint density at radius 1 is 1.19 bits per heavy atom. The molecule has 2 amide bonds. The maximum Gasteiger partial charge on any atom is 0.225 e. The van der Waals surface area contributed by atoms with Crippen LogP contribution in [0, 0.1) is 5.92 Å². The van der Waals surface area contributed by atoms with Gasteiger partial charge in [0.1, 0.15) is 0 Å². The van der Waals surface area contributed by atoms with Gasteiger partial charge in [0.25, 0.3) is 0 Å². The first-order chi connectivity index (χ1) is 10.0. The molecular weight excluding hydrogens is 264 g/mol. The Labute approximate surface area is 125 Å². The number of rotatable bonds is 3. The van der Waals surface area contributed by atoms with E-state index in [1.54, 1.807) is 4.90 Å². The Kier molecular flexibility index (Phi) is 3.70. The summed E-state index contributed by atoms with van der Waals surface area (Å²) in [4.78, 5) is 26.1. The van der Waals surface area contributed by atoms with Crippen LogP contribution in [0.2, 0.25) is 0 Å². The van der Waals surface area contributed by atoms with Crippen molar-refractivity contribution in [2.24, 2.45) is 5.92 Å². The molecule has 1 unspecified atom stereocenters. The van der Waals surface area contributed by atoms with Crippen LogP contribution in [0.1, 0.15) is 31.4 Å². The third-order valence-corrected chi connectivity index (χ3v) is 4.55. The minimum Gasteiger partial charge on any atom is -0.352 e. The quantitative estimate of drug-likeness (QED) is 0.916. The zero-order valence-electron chi connectivity index (χ0n) is 12.6. The van der Waals surface area contributed by atoms with Crippen molar-refractivity contribution < 1.29 is 9.59 Å². The summed E-state index contributed by atoms with van der Waals surface area (Å²) in [5, 5.41) is 3.13. The van der Waals surface area contributed by atoms with E-state index < -0.39 is 0 Å². The summed E-state index contributed by atoms with van der Waals surface area (Å²) in [5.41, 5.74) is 2.66. The van der Waals surface area contributed by atoms with Crippen molar-refractivity contribution in [3.8, 4) is 0 Å². The molecule has 1 N–H and O–H groups in total. The van der Waals surface area contributed by atoms with Crippen molar-refractivity contribution in [2.75, 3.05) is 6.54 Å². The number of benzene rings is 1. The number of hydrogen-bond acceptors (Lipinski definition) is 2. The fourth-order valence-corrected chi connectivity index (χ4v) is 3.39. The molecule has 1 heterocycles. The van der Waals surface area contributed by atoms with Crippen LogP contribution in [0.5, 0.6) is 0 Å². The third kappa shape index (κ3) is 2.80. The Hall–Kier alpha value is -1.84. The van der Waals surface area contributed by atoms with Gasteiger partial charge in [-0.15, -0.1) is 0 Å². The lowest BCUT2D eigenvalue weighted by atomic mass is 10.1. The Morgan fingerprint density at radius 2 is 1.81 bits per heavy atom. The Balaban J connectivity index is 1.58. The summed E-state index contributed by atoms with van der Waals surface area (Å²) in [6.07, 6.45) is 2.15. The smallest absolute Gasteiger partial charge is 0.225 e. The zero-order valence-corrected chi connectivity index (χ0v) is 12.6. The molecule has 0 bridgehead atoms. The van der Waals surface area contributed by atoms with E-state index in [1.165, 1.54) is 11.1 Å². The second-order valence-electron chi connectivity index (χ2n) is 6.42. The van der Waals surface area contributed by atoms with E-state index >= 15 is 0 Å². The summed E-state index contributed by atoms with van der Waals surface area (Å²) < 4.78 is 0. The highest BCUT2D eigenvalue weighted by atomic mass is 16.2. The summed E-state index contributed by atoms with van der Waals surface area (Å²) >= 11 is 0. The second-order valence-corrected chi connectivity index (χ2v) is 6.42. The van der Waals surface area contributed by atoms with E-state index in [4.69, 9.17) is 0 Å². The number of nitrogens with one attached hydrogen (secondary N) is 1. The molecule has 3 rings (SSSR count). The maximum absolute atomic E-state index is 12.4. The molecule has 0 spiro atoms. The van der Waals surface area contributed by atoms with Gasteiger partial charge in [-0.05, 0) is 37.8 Å². The lowest BCUT2D eigenvalue weighted by Crippen LogP contribution is -2.40. The molecule has 1 aromatic rings. The average molecular weight is 286 g/mol. The van der Waals surface area contributed by atoms with Crippen molar-refractivity contribution in [3.05, 3.63) is 35.4 Å². The number of hydrogen-bond donors (Lipinski definition) is 1. The summed E-state index contributed by atoms with van der Waals surface area (Å²) in [6.45, 7) is 4.54. The highest BCUT2D eigenvalue weighted by molar-refractivity contribution is 5.89. The number of carbonyl (C=O) groups excluding carboxylic acids is 2. The molecule has 0 saturated carbocycles. The SMILES string of the molecule is CC(C)N1CC(C(=O)NC2Cc3ccccc3C2)CC1=O. The molecule has 1 atom stereocenters. The molecule has 1 aliphatic heterocycles. The van der Waals surface area contributed by atoms with Crippen LogP contribution < -0.4 is 5.32 Å². The van der Waals surface area contributed by atoms with E-state index in [9.17, 15) is 9.59 Å². The van der Waals surface area contributed by atoms with Gasteiger partial charge in [0.15, 0.2) is 0 Å². The second kappa shape index (κ2) is 5.51. The van der Waals surface area contributed by atoms with E-state index in [-0.39, 0.29) is 29.8 Å². The monoisotopic (exact) mass is 286 g/mol. The van der Waals surface area contributed by atoms with Gasteiger partial charge in [0.05, 0.1) is 5.92 Å². The van der Waals surface area contributed by atoms with Gasteiger partial charge >= 0.3 is 0 Å². The average Bonchev–Trinajstić information content (AvgIpc) is 3.01. The summed E-state index contributed by atoms with van der Waals surface area (Å²) in [7, 11) is 0. The highest BCUT2D eigenvalue weighted by Gasteiger charge is 2.36. The van der Waals surface area contributed by atoms with Gasteiger partial charge in [-0.25, -0.2) is 0 Å². The lowest BCUT2D eigenvalue weighted by molar-refractivity contribution is -0.130. The number of fused-ring (bicyclic) bond motifs is 1. The van der Waals surface area contributed by atoms with Crippen molar-refractivity contribution in [3.63, 3.8) is 0 Å². The van der Waals surface area contributed by atoms with E-state index in [1.807, 2.05) is 26.0 Å². The van der Waals surface area contributed by atoms with Gasteiger partial charge in [-0.2, -0.15) is 0 Å². The topological polar surface area (TPSA) is 49.4 Å².